The lowest BCUT2D eigenvalue weighted by atomic mass is 10.0. The third-order valence-electron chi connectivity index (χ3n) is 4.04. The molecule has 0 aliphatic rings. The van der Waals surface area contributed by atoms with Crippen molar-refractivity contribution in [2.24, 2.45) is 0 Å². The molecule has 0 aliphatic carbocycles. The van der Waals surface area contributed by atoms with Crippen LogP contribution in [0.3, 0.4) is 0 Å². The average molecular weight is 424 g/mol. The summed E-state index contributed by atoms with van der Waals surface area (Å²) >= 11 is 1.42. The largest absolute Gasteiger partial charge is 0.426 e. The van der Waals surface area contributed by atoms with Crippen molar-refractivity contribution in [3.05, 3.63) is 64.1 Å². The standard InChI is InChI=1S/C22H20N2O5S/c1-13-10-18(28-14(2)25)21(19(11-13)29-15(3)26)16-7-9-30-20(16)12-24-22(27)17-6-4-5-8-23-17/h4-11H,12H2,1-3H3,(H,24,27). The van der Waals surface area contributed by atoms with Crippen LogP contribution in [0.15, 0.2) is 48.0 Å². The van der Waals surface area contributed by atoms with Gasteiger partial charge in [-0.2, -0.15) is 0 Å². The third kappa shape index (κ3) is 5.09. The van der Waals surface area contributed by atoms with Crippen LogP contribution in [0.25, 0.3) is 11.1 Å². The van der Waals surface area contributed by atoms with Crippen molar-refractivity contribution in [3.63, 3.8) is 0 Å². The summed E-state index contributed by atoms with van der Waals surface area (Å²) in [7, 11) is 0. The van der Waals surface area contributed by atoms with Gasteiger partial charge in [0.1, 0.15) is 17.2 Å². The molecule has 30 heavy (non-hydrogen) atoms. The second kappa shape index (κ2) is 9.32. The van der Waals surface area contributed by atoms with E-state index in [4.69, 9.17) is 9.47 Å². The molecule has 1 N–H and O–H groups in total. The number of benzene rings is 1. The molecule has 0 aliphatic heterocycles. The number of nitrogens with zero attached hydrogens (tertiary/aromatic N) is 1. The molecule has 1 amide bonds. The fourth-order valence-electron chi connectivity index (χ4n) is 2.91. The highest BCUT2D eigenvalue weighted by molar-refractivity contribution is 7.10. The molecule has 7 nitrogen and oxygen atoms in total. The fourth-order valence-corrected chi connectivity index (χ4v) is 3.73. The number of pyridine rings is 1. The van der Waals surface area contributed by atoms with E-state index < -0.39 is 11.9 Å². The summed E-state index contributed by atoms with van der Waals surface area (Å²) in [4.78, 5) is 40.5. The lowest BCUT2D eigenvalue weighted by Gasteiger charge is -2.16. The molecular weight excluding hydrogens is 404 g/mol. The SMILES string of the molecule is CC(=O)Oc1cc(C)cc(OC(C)=O)c1-c1ccsc1CNC(=O)c1ccccn1. The monoisotopic (exact) mass is 424 g/mol. The van der Waals surface area contributed by atoms with Crippen molar-refractivity contribution in [2.45, 2.75) is 27.3 Å². The Hall–Kier alpha value is -3.52. The van der Waals surface area contributed by atoms with Crippen LogP contribution in [0, 0.1) is 6.92 Å². The predicted octanol–water partition coefficient (Wildman–Crippen LogP) is 3.90. The summed E-state index contributed by atoms with van der Waals surface area (Å²) in [5.41, 5.74) is 2.27. The number of rotatable bonds is 6. The summed E-state index contributed by atoms with van der Waals surface area (Å²) < 4.78 is 10.8. The number of carbonyl (C=O) groups excluding carboxylic acids is 3. The molecule has 8 heteroatoms. The van der Waals surface area contributed by atoms with Crippen molar-refractivity contribution in [2.75, 3.05) is 0 Å². The zero-order chi connectivity index (χ0) is 21.7. The summed E-state index contributed by atoms with van der Waals surface area (Å²) in [5.74, 6) is -0.713. The Morgan fingerprint density at radius 1 is 1.03 bits per heavy atom. The van der Waals surface area contributed by atoms with Crippen molar-refractivity contribution in [1.29, 1.82) is 0 Å². The Morgan fingerprint density at radius 3 is 2.27 bits per heavy atom. The van der Waals surface area contributed by atoms with Gasteiger partial charge in [-0.25, -0.2) is 0 Å². The number of aromatic nitrogens is 1. The van der Waals surface area contributed by atoms with Crippen LogP contribution in [-0.4, -0.2) is 22.8 Å². The smallest absolute Gasteiger partial charge is 0.308 e. The first-order valence-electron chi connectivity index (χ1n) is 9.12. The molecule has 3 aromatic rings. The van der Waals surface area contributed by atoms with Crippen molar-refractivity contribution in [1.82, 2.24) is 10.3 Å². The summed E-state index contributed by atoms with van der Waals surface area (Å²) in [5, 5.41) is 4.69. The maximum Gasteiger partial charge on any atom is 0.308 e. The number of amides is 1. The molecule has 0 atom stereocenters. The Morgan fingerprint density at radius 2 is 1.70 bits per heavy atom. The van der Waals surface area contributed by atoms with Gasteiger partial charge >= 0.3 is 11.9 Å². The Balaban J connectivity index is 1.97. The number of esters is 2. The van der Waals surface area contributed by atoms with Crippen LogP contribution in [-0.2, 0) is 16.1 Å². The van der Waals surface area contributed by atoms with Gasteiger partial charge < -0.3 is 14.8 Å². The first kappa shape index (κ1) is 21.2. The number of thiophene rings is 1. The normalized spacial score (nSPS) is 10.4. The molecule has 0 radical (unpaired) electrons. The van der Waals surface area contributed by atoms with Gasteiger partial charge in [0, 0.05) is 30.5 Å². The molecule has 1 aromatic carbocycles. The second-order valence-corrected chi connectivity index (χ2v) is 7.48. The van der Waals surface area contributed by atoms with E-state index >= 15 is 0 Å². The summed E-state index contributed by atoms with van der Waals surface area (Å²) in [6, 6.07) is 10.3. The molecule has 154 valence electrons. The van der Waals surface area contributed by atoms with E-state index in [1.54, 1.807) is 36.5 Å². The molecule has 0 saturated heterocycles. The summed E-state index contributed by atoms with van der Waals surface area (Å²) in [6.45, 7) is 4.65. The van der Waals surface area contributed by atoms with Gasteiger partial charge in [-0.1, -0.05) is 6.07 Å². The summed E-state index contributed by atoms with van der Waals surface area (Å²) in [6.07, 6.45) is 1.55. The van der Waals surface area contributed by atoms with Crippen LogP contribution in [0.2, 0.25) is 0 Å². The highest BCUT2D eigenvalue weighted by Gasteiger charge is 2.21. The molecule has 0 fully saturated rings. The van der Waals surface area contributed by atoms with E-state index in [-0.39, 0.29) is 24.0 Å². The van der Waals surface area contributed by atoms with E-state index in [0.29, 0.717) is 16.8 Å². The zero-order valence-corrected chi connectivity index (χ0v) is 17.5. The van der Waals surface area contributed by atoms with Crippen molar-refractivity contribution < 1.29 is 23.9 Å². The molecular formula is C22H20N2O5S. The van der Waals surface area contributed by atoms with E-state index in [9.17, 15) is 14.4 Å². The molecule has 0 unspecified atom stereocenters. The highest BCUT2D eigenvalue weighted by Crippen LogP contribution is 2.43. The van der Waals surface area contributed by atoms with Gasteiger partial charge in [0.15, 0.2) is 0 Å². The Labute approximate surface area is 177 Å². The van der Waals surface area contributed by atoms with Crippen LogP contribution in [0.4, 0.5) is 0 Å². The minimum atomic E-state index is -0.490. The van der Waals surface area contributed by atoms with Crippen LogP contribution in [0.5, 0.6) is 11.5 Å². The number of aryl methyl sites for hydroxylation is 1. The quantitative estimate of drug-likeness (QED) is 0.476. The molecule has 0 spiro atoms. The lowest BCUT2D eigenvalue weighted by Crippen LogP contribution is -2.23. The maximum absolute atomic E-state index is 12.3. The molecule has 2 aromatic heterocycles. The fraction of sp³-hybridized carbons (Fsp3) is 0.182. The third-order valence-corrected chi connectivity index (χ3v) is 4.96. The molecule has 0 bridgehead atoms. The Kier molecular flexibility index (Phi) is 6.58. The predicted molar refractivity (Wildman–Crippen MR) is 113 cm³/mol. The molecule has 0 saturated carbocycles. The molecule has 2 heterocycles. The average Bonchev–Trinajstić information content (AvgIpc) is 3.13. The number of hydrogen-bond acceptors (Lipinski definition) is 7. The first-order chi connectivity index (χ1) is 14.3. The van der Waals surface area contributed by atoms with Gasteiger partial charge in [0.05, 0.1) is 12.1 Å². The van der Waals surface area contributed by atoms with Crippen LogP contribution in [0.1, 0.15) is 34.8 Å². The van der Waals surface area contributed by atoms with Crippen LogP contribution >= 0.6 is 11.3 Å². The van der Waals surface area contributed by atoms with Gasteiger partial charge in [0.2, 0.25) is 0 Å². The maximum atomic E-state index is 12.3. The van der Waals surface area contributed by atoms with Crippen molar-refractivity contribution >= 4 is 29.2 Å². The van der Waals surface area contributed by atoms with E-state index in [0.717, 1.165) is 10.4 Å². The van der Waals surface area contributed by atoms with Gasteiger partial charge in [-0.3, -0.25) is 19.4 Å². The number of nitrogens with one attached hydrogen (secondary N) is 1. The van der Waals surface area contributed by atoms with Gasteiger partial charge in [-0.15, -0.1) is 11.3 Å². The molecule has 3 rings (SSSR count). The first-order valence-corrected chi connectivity index (χ1v) is 10.0. The number of ether oxygens (including phenoxy) is 2. The lowest BCUT2D eigenvalue weighted by molar-refractivity contribution is -0.132. The van der Waals surface area contributed by atoms with E-state index in [1.165, 1.54) is 25.2 Å². The number of hydrogen-bond donors (Lipinski definition) is 1. The van der Waals surface area contributed by atoms with E-state index in [1.807, 2.05) is 18.4 Å². The topological polar surface area (TPSA) is 94.6 Å². The van der Waals surface area contributed by atoms with E-state index in [2.05, 4.69) is 10.3 Å². The minimum Gasteiger partial charge on any atom is -0.426 e. The second-order valence-electron chi connectivity index (χ2n) is 6.48. The number of carbonyl (C=O) groups is 3. The van der Waals surface area contributed by atoms with Gasteiger partial charge in [-0.05, 0) is 48.2 Å². The van der Waals surface area contributed by atoms with Gasteiger partial charge in [0.25, 0.3) is 5.91 Å². The van der Waals surface area contributed by atoms with Crippen molar-refractivity contribution in [3.8, 4) is 22.6 Å². The Bertz CT molecular complexity index is 1050. The zero-order valence-electron chi connectivity index (χ0n) is 16.7. The minimum absolute atomic E-state index is 0.231. The highest BCUT2D eigenvalue weighted by atomic mass is 32.1. The van der Waals surface area contributed by atoms with Crippen LogP contribution < -0.4 is 14.8 Å².